The van der Waals surface area contributed by atoms with Gasteiger partial charge < -0.3 is 4.74 Å². The second-order valence-electron chi connectivity index (χ2n) is 3.17. The van der Waals surface area contributed by atoms with Crippen LogP contribution in [0.1, 0.15) is 0 Å². The van der Waals surface area contributed by atoms with Crippen molar-refractivity contribution in [1.82, 2.24) is 9.55 Å². The molecule has 0 aliphatic carbocycles. The van der Waals surface area contributed by atoms with Crippen molar-refractivity contribution in [3.63, 3.8) is 0 Å². The molecule has 0 bridgehead atoms. The summed E-state index contributed by atoms with van der Waals surface area (Å²) in [6.45, 7) is 0. The van der Waals surface area contributed by atoms with Gasteiger partial charge in [-0.05, 0) is 30.3 Å². The molecule has 6 heteroatoms. The number of hydrogen-bond donors (Lipinski definition) is 1. The first-order chi connectivity index (χ1) is 7.64. The van der Waals surface area contributed by atoms with Crippen LogP contribution >= 0.6 is 17.6 Å². The summed E-state index contributed by atoms with van der Waals surface area (Å²) in [4.78, 5) is 0. The lowest BCUT2D eigenvalue weighted by molar-refractivity contribution is 0.415. The van der Waals surface area contributed by atoms with Gasteiger partial charge in [0.2, 0.25) is 0 Å². The SMILES string of the molecule is COc1ccc(P(=S)(S)n2cccn2)cc1. The number of hydrogen-bond acceptors (Lipinski definition) is 3. The van der Waals surface area contributed by atoms with Crippen molar-refractivity contribution in [2.45, 2.75) is 0 Å². The Morgan fingerprint density at radius 3 is 2.56 bits per heavy atom. The monoisotopic (exact) mass is 270 g/mol. The Morgan fingerprint density at radius 1 is 1.38 bits per heavy atom. The molecule has 0 N–H and O–H groups in total. The smallest absolute Gasteiger partial charge is 0.135 e. The van der Waals surface area contributed by atoms with Crippen molar-refractivity contribution in [3.8, 4) is 5.75 Å². The average Bonchev–Trinajstić information content (AvgIpc) is 2.83. The summed E-state index contributed by atoms with van der Waals surface area (Å²) in [6.07, 6.45) is 3.55. The zero-order valence-electron chi connectivity index (χ0n) is 8.65. The summed E-state index contributed by atoms with van der Waals surface area (Å²) in [5.41, 5.74) is 0. The molecule has 1 atom stereocenters. The van der Waals surface area contributed by atoms with Gasteiger partial charge in [-0.3, -0.25) is 0 Å². The van der Waals surface area contributed by atoms with E-state index >= 15 is 0 Å². The molecule has 0 amide bonds. The Morgan fingerprint density at radius 2 is 2.06 bits per heavy atom. The minimum atomic E-state index is -2.10. The third-order valence-electron chi connectivity index (χ3n) is 2.18. The fraction of sp³-hybridized carbons (Fsp3) is 0.100. The average molecular weight is 270 g/mol. The number of methoxy groups -OCH3 is 1. The standard InChI is InChI=1S/C10H11N2OPS2/c1-13-9-3-5-10(6-4-9)14(15,16)12-8-2-7-11-12/h2-8H,1H3,(H,15,16). The molecule has 0 aliphatic heterocycles. The molecule has 3 nitrogen and oxygen atoms in total. The Hall–Kier alpha value is -0.770. The highest BCUT2D eigenvalue weighted by atomic mass is 32.9. The molecule has 84 valence electrons. The summed E-state index contributed by atoms with van der Waals surface area (Å²) in [6, 6.07) is 9.50. The number of ether oxygens (including phenoxy) is 1. The highest BCUT2D eigenvalue weighted by Crippen LogP contribution is 2.50. The van der Waals surface area contributed by atoms with Crippen molar-refractivity contribution >= 4 is 34.8 Å². The highest BCUT2D eigenvalue weighted by molar-refractivity contribution is 8.65. The van der Waals surface area contributed by atoms with Crippen LogP contribution in [-0.2, 0) is 11.8 Å². The first kappa shape index (κ1) is 11.7. The molecule has 2 aromatic rings. The maximum absolute atomic E-state index is 5.54. The first-order valence-electron chi connectivity index (χ1n) is 4.62. The van der Waals surface area contributed by atoms with Crippen molar-refractivity contribution < 1.29 is 4.74 Å². The summed E-state index contributed by atoms with van der Waals surface area (Å²) in [5, 5.41) is 3.05. The lowest BCUT2D eigenvalue weighted by Crippen LogP contribution is -2.07. The predicted octanol–water partition coefficient (Wildman–Crippen LogP) is 2.30. The van der Waals surface area contributed by atoms with Gasteiger partial charge in [0.25, 0.3) is 0 Å². The van der Waals surface area contributed by atoms with Crippen LogP contribution in [-0.4, -0.2) is 16.7 Å². The molecule has 16 heavy (non-hydrogen) atoms. The third-order valence-corrected chi connectivity index (χ3v) is 6.32. The Bertz CT molecular complexity index is 510. The Labute approximate surface area is 105 Å². The van der Waals surface area contributed by atoms with Crippen LogP contribution < -0.4 is 10.0 Å². The molecule has 0 aliphatic rings. The van der Waals surface area contributed by atoms with E-state index in [2.05, 4.69) is 17.3 Å². The van der Waals surface area contributed by atoms with Crippen molar-refractivity contribution in [2.24, 2.45) is 0 Å². The predicted molar refractivity (Wildman–Crippen MR) is 73.5 cm³/mol. The van der Waals surface area contributed by atoms with Gasteiger partial charge >= 0.3 is 0 Å². The lowest BCUT2D eigenvalue weighted by atomic mass is 10.3. The van der Waals surface area contributed by atoms with Gasteiger partial charge in [-0.25, -0.2) is 4.45 Å². The van der Waals surface area contributed by atoms with Crippen LogP contribution in [0, 0.1) is 0 Å². The largest absolute Gasteiger partial charge is 0.497 e. The molecule has 2 rings (SSSR count). The molecule has 0 saturated heterocycles. The molecule has 1 heterocycles. The van der Waals surface area contributed by atoms with Gasteiger partial charge in [-0.15, -0.1) is 12.2 Å². The minimum absolute atomic E-state index is 0.813. The Kier molecular flexibility index (Phi) is 3.38. The second kappa shape index (κ2) is 4.62. The fourth-order valence-corrected chi connectivity index (χ4v) is 3.92. The van der Waals surface area contributed by atoms with Crippen molar-refractivity contribution in [3.05, 3.63) is 42.7 Å². The molecule has 1 unspecified atom stereocenters. The van der Waals surface area contributed by atoms with E-state index in [-0.39, 0.29) is 0 Å². The van der Waals surface area contributed by atoms with E-state index in [1.54, 1.807) is 17.8 Å². The fourth-order valence-electron chi connectivity index (χ4n) is 1.32. The lowest BCUT2D eigenvalue weighted by Gasteiger charge is -2.16. The molecule has 0 saturated carbocycles. The summed E-state index contributed by atoms with van der Waals surface area (Å²) in [7, 11) is 1.64. The van der Waals surface area contributed by atoms with Gasteiger partial charge in [-0.1, -0.05) is 11.8 Å². The van der Waals surface area contributed by atoms with Crippen LogP contribution in [0.4, 0.5) is 0 Å². The maximum Gasteiger partial charge on any atom is 0.135 e. The zero-order chi connectivity index (χ0) is 11.6. The molecule has 0 spiro atoms. The Balaban J connectivity index is 2.40. The maximum atomic E-state index is 5.54. The summed E-state index contributed by atoms with van der Waals surface area (Å²) in [5.74, 6) is 0.813. The van der Waals surface area contributed by atoms with Gasteiger partial charge in [0.1, 0.15) is 11.1 Å². The van der Waals surface area contributed by atoms with Gasteiger partial charge in [0, 0.05) is 17.7 Å². The van der Waals surface area contributed by atoms with E-state index in [4.69, 9.17) is 16.5 Å². The molecule has 0 fully saturated rings. The first-order valence-corrected chi connectivity index (χ1v) is 8.53. The van der Waals surface area contributed by atoms with Crippen LogP contribution in [0.15, 0.2) is 42.7 Å². The molecule has 1 aromatic heterocycles. The molecule has 0 radical (unpaired) electrons. The highest BCUT2D eigenvalue weighted by Gasteiger charge is 2.16. The number of benzene rings is 1. The van der Waals surface area contributed by atoms with E-state index in [0.717, 1.165) is 11.1 Å². The second-order valence-corrected chi connectivity index (χ2v) is 9.32. The van der Waals surface area contributed by atoms with E-state index in [9.17, 15) is 0 Å². The van der Waals surface area contributed by atoms with E-state index in [1.165, 1.54) is 0 Å². The number of thiol groups is 1. The number of aromatic nitrogens is 2. The summed E-state index contributed by atoms with van der Waals surface area (Å²) >= 11 is 10.1. The normalized spacial score (nSPS) is 14.4. The molecular weight excluding hydrogens is 259 g/mol. The zero-order valence-corrected chi connectivity index (χ0v) is 11.3. The number of nitrogens with zero attached hydrogens (tertiary/aromatic N) is 2. The van der Waals surface area contributed by atoms with Crippen LogP contribution in [0.2, 0.25) is 0 Å². The molecule has 1 aromatic carbocycles. The van der Waals surface area contributed by atoms with E-state index < -0.39 is 5.39 Å². The van der Waals surface area contributed by atoms with Gasteiger partial charge in [0.05, 0.1) is 7.11 Å². The van der Waals surface area contributed by atoms with Crippen LogP contribution in [0.3, 0.4) is 0 Å². The van der Waals surface area contributed by atoms with Crippen molar-refractivity contribution in [2.75, 3.05) is 7.11 Å². The van der Waals surface area contributed by atoms with E-state index in [0.29, 0.717) is 0 Å². The number of rotatable bonds is 3. The van der Waals surface area contributed by atoms with Crippen LogP contribution in [0.5, 0.6) is 5.75 Å². The quantitative estimate of drug-likeness (QED) is 0.685. The third kappa shape index (κ3) is 2.17. The van der Waals surface area contributed by atoms with Crippen molar-refractivity contribution in [1.29, 1.82) is 0 Å². The van der Waals surface area contributed by atoms with E-state index in [1.807, 2.05) is 36.5 Å². The van der Waals surface area contributed by atoms with Gasteiger partial charge in [-0.2, -0.15) is 5.10 Å². The summed E-state index contributed by atoms with van der Waals surface area (Å²) < 4.78 is 6.85. The topological polar surface area (TPSA) is 27.1 Å². The van der Waals surface area contributed by atoms with Gasteiger partial charge in [0.15, 0.2) is 0 Å². The minimum Gasteiger partial charge on any atom is -0.497 e. The van der Waals surface area contributed by atoms with Crippen LogP contribution in [0.25, 0.3) is 0 Å². The molecular formula is C10H11N2OPS2.